The summed E-state index contributed by atoms with van der Waals surface area (Å²) in [6.07, 6.45) is 3.30. The van der Waals surface area contributed by atoms with Gasteiger partial charge in [0.15, 0.2) is 0 Å². The number of rotatable bonds is 7. The van der Waals surface area contributed by atoms with Crippen molar-refractivity contribution in [1.29, 1.82) is 0 Å². The van der Waals surface area contributed by atoms with Crippen LogP contribution < -0.4 is 14.8 Å². The van der Waals surface area contributed by atoms with Crippen molar-refractivity contribution >= 4 is 23.1 Å². The molecule has 7 heteroatoms. The zero-order chi connectivity index (χ0) is 23.5. The van der Waals surface area contributed by atoms with Crippen LogP contribution in [0.5, 0.6) is 11.5 Å². The molecule has 0 atom stereocenters. The van der Waals surface area contributed by atoms with Crippen molar-refractivity contribution in [3.05, 3.63) is 88.9 Å². The molecule has 1 aliphatic rings. The third kappa shape index (κ3) is 4.30. The Hall–Kier alpha value is -4.13. The predicted molar refractivity (Wildman–Crippen MR) is 126 cm³/mol. The number of hydrogen-bond acceptors (Lipinski definition) is 6. The van der Waals surface area contributed by atoms with Crippen molar-refractivity contribution in [1.82, 2.24) is 9.88 Å². The van der Waals surface area contributed by atoms with Crippen molar-refractivity contribution in [2.24, 2.45) is 0 Å². The molecule has 4 rings (SSSR count). The molecular formula is C26H25N3O4. The van der Waals surface area contributed by atoms with Gasteiger partial charge in [0.2, 0.25) is 0 Å². The Morgan fingerprint density at radius 3 is 2.42 bits per heavy atom. The Bertz CT molecular complexity index is 1250. The summed E-state index contributed by atoms with van der Waals surface area (Å²) in [5.41, 5.74) is 4.67. The first-order valence-corrected chi connectivity index (χ1v) is 10.5. The van der Waals surface area contributed by atoms with Gasteiger partial charge in [-0.05, 0) is 54.3 Å². The van der Waals surface area contributed by atoms with E-state index in [1.807, 2.05) is 38.1 Å². The standard InChI is InChI=1S/C26H25N3O4/c1-16-7-8-19(12-17(16)2)23-24(28-21-10-9-20(32-3)13-22(21)33-4)26(31)29(25(23)30)15-18-6-5-11-27-14-18/h5-14,28H,15H2,1-4H3. The molecule has 1 N–H and O–H groups in total. The number of pyridine rings is 1. The average molecular weight is 444 g/mol. The van der Waals surface area contributed by atoms with Crippen LogP contribution in [0.3, 0.4) is 0 Å². The normalized spacial score (nSPS) is 13.5. The summed E-state index contributed by atoms with van der Waals surface area (Å²) in [5, 5.41) is 3.16. The highest BCUT2D eigenvalue weighted by Crippen LogP contribution is 2.36. The van der Waals surface area contributed by atoms with Gasteiger partial charge in [-0.3, -0.25) is 19.5 Å². The largest absolute Gasteiger partial charge is 0.497 e. The molecule has 2 heterocycles. The number of imide groups is 1. The maximum absolute atomic E-state index is 13.5. The van der Waals surface area contributed by atoms with Crippen molar-refractivity contribution in [3.8, 4) is 11.5 Å². The molecule has 0 saturated heterocycles. The van der Waals surface area contributed by atoms with Gasteiger partial charge in [-0.25, -0.2) is 0 Å². The number of ether oxygens (including phenoxy) is 2. The maximum Gasteiger partial charge on any atom is 0.278 e. The minimum atomic E-state index is -0.407. The van der Waals surface area contributed by atoms with Gasteiger partial charge in [0.05, 0.1) is 32.0 Å². The topological polar surface area (TPSA) is 80.8 Å². The van der Waals surface area contributed by atoms with Gasteiger partial charge in [0.1, 0.15) is 17.2 Å². The summed E-state index contributed by atoms with van der Waals surface area (Å²) in [5.74, 6) is 0.345. The van der Waals surface area contributed by atoms with E-state index in [-0.39, 0.29) is 18.1 Å². The van der Waals surface area contributed by atoms with Gasteiger partial charge in [-0.15, -0.1) is 0 Å². The van der Waals surface area contributed by atoms with E-state index in [2.05, 4.69) is 10.3 Å². The first-order valence-electron chi connectivity index (χ1n) is 10.5. The van der Waals surface area contributed by atoms with E-state index in [9.17, 15) is 9.59 Å². The average Bonchev–Trinajstić information content (AvgIpc) is 3.06. The summed E-state index contributed by atoms with van der Waals surface area (Å²) < 4.78 is 10.7. The lowest BCUT2D eigenvalue weighted by Crippen LogP contribution is -2.32. The van der Waals surface area contributed by atoms with E-state index in [4.69, 9.17) is 9.47 Å². The number of methoxy groups -OCH3 is 2. The van der Waals surface area contributed by atoms with E-state index in [0.717, 1.165) is 16.7 Å². The highest BCUT2D eigenvalue weighted by molar-refractivity contribution is 6.36. The lowest BCUT2D eigenvalue weighted by molar-refractivity contribution is -0.137. The summed E-state index contributed by atoms with van der Waals surface area (Å²) in [6, 6.07) is 14.6. The molecule has 33 heavy (non-hydrogen) atoms. The quantitative estimate of drug-likeness (QED) is 0.554. The molecule has 2 aromatic carbocycles. The summed E-state index contributed by atoms with van der Waals surface area (Å²) in [6.45, 7) is 4.11. The molecule has 168 valence electrons. The molecular weight excluding hydrogens is 418 g/mol. The van der Waals surface area contributed by atoms with Crippen LogP contribution in [-0.2, 0) is 16.1 Å². The van der Waals surface area contributed by atoms with Crippen LogP contribution in [0, 0.1) is 13.8 Å². The fourth-order valence-electron chi connectivity index (χ4n) is 3.71. The highest BCUT2D eigenvalue weighted by Gasteiger charge is 2.39. The molecule has 0 saturated carbocycles. The first kappa shape index (κ1) is 22.1. The second kappa shape index (κ2) is 9.16. The summed E-state index contributed by atoms with van der Waals surface area (Å²) in [4.78, 5) is 32.3. The zero-order valence-electron chi connectivity index (χ0n) is 19.0. The number of nitrogens with zero attached hydrogens (tertiary/aromatic N) is 2. The Kier molecular flexibility index (Phi) is 6.13. The number of carbonyl (C=O) groups is 2. The number of amides is 2. The van der Waals surface area contributed by atoms with E-state index in [1.54, 1.807) is 43.8 Å². The van der Waals surface area contributed by atoms with Crippen LogP contribution in [0.2, 0.25) is 0 Å². The summed E-state index contributed by atoms with van der Waals surface area (Å²) >= 11 is 0. The molecule has 0 unspecified atom stereocenters. The Morgan fingerprint density at radius 1 is 0.939 bits per heavy atom. The van der Waals surface area contributed by atoms with Crippen LogP contribution >= 0.6 is 0 Å². The molecule has 0 radical (unpaired) electrons. The van der Waals surface area contributed by atoms with Crippen LogP contribution in [0.4, 0.5) is 5.69 Å². The van der Waals surface area contributed by atoms with Crippen LogP contribution in [0.25, 0.3) is 5.57 Å². The molecule has 3 aromatic rings. The van der Waals surface area contributed by atoms with Crippen molar-refractivity contribution in [2.75, 3.05) is 19.5 Å². The second-order valence-electron chi connectivity index (χ2n) is 7.80. The maximum atomic E-state index is 13.5. The molecule has 0 spiro atoms. The third-order valence-corrected chi connectivity index (χ3v) is 5.70. The Balaban J connectivity index is 1.79. The molecule has 7 nitrogen and oxygen atoms in total. The van der Waals surface area contributed by atoms with Crippen molar-refractivity contribution < 1.29 is 19.1 Å². The zero-order valence-corrected chi connectivity index (χ0v) is 19.0. The molecule has 0 fully saturated rings. The highest BCUT2D eigenvalue weighted by atomic mass is 16.5. The number of benzene rings is 2. The number of nitrogens with one attached hydrogen (secondary N) is 1. The van der Waals surface area contributed by atoms with Gasteiger partial charge in [0.25, 0.3) is 11.8 Å². The number of aryl methyl sites for hydroxylation is 2. The van der Waals surface area contributed by atoms with Gasteiger partial charge >= 0.3 is 0 Å². The van der Waals surface area contributed by atoms with Crippen molar-refractivity contribution in [3.63, 3.8) is 0 Å². The SMILES string of the molecule is COc1ccc(NC2=C(c3ccc(C)c(C)c3)C(=O)N(Cc3cccnc3)C2=O)c(OC)c1. The molecule has 1 aromatic heterocycles. The van der Waals surface area contributed by atoms with Gasteiger partial charge in [-0.1, -0.05) is 24.3 Å². The Morgan fingerprint density at radius 2 is 1.76 bits per heavy atom. The number of hydrogen-bond donors (Lipinski definition) is 1. The molecule has 0 bridgehead atoms. The number of aromatic nitrogens is 1. The smallest absolute Gasteiger partial charge is 0.278 e. The van der Waals surface area contributed by atoms with Gasteiger partial charge in [0, 0.05) is 18.5 Å². The summed E-state index contributed by atoms with van der Waals surface area (Å²) in [7, 11) is 3.10. The van der Waals surface area contributed by atoms with E-state index in [1.165, 1.54) is 12.0 Å². The van der Waals surface area contributed by atoms with Gasteiger partial charge in [-0.2, -0.15) is 0 Å². The van der Waals surface area contributed by atoms with Gasteiger partial charge < -0.3 is 14.8 Å². The molecule has 0 aliphatic carbocycles. The van der Waals surface area contributed by atoms with E-state index < -0.39 is 5.91 Å². The number of anilines is 1. The van der Waals surface area contributed by atoms with E-state index >= 15 is 0 Å². The van der Waals surface area contributed by atoms with Crippen LogP contribution in [0.15, 0.2) is 66.6 Å². The van der Waals surface area contributed by atoms with Crippen LogP contribution in [-0.4, -0.2) is 35.9 Å². The number of carbonyl (C=O) groups excluding carboxylic acids is 2. The fourth-order valence-corrected chi connectivity index (χ4v) is 3.71. The lowest BCUT2D eigenvalue weighted by atomic mass is 9.99. The monoisotopic (exact) mass is 443 g/mol. The lowest BCUT2D eigenvalue weighted by Gasteiger charge is -2.16. The minimum Gasteiger partial charge on any atom is -0.497 e. The van der Waals surface area contributed by atoms with E-state index in [0.29, 0.717) is 28.3 Å². The first-order chi connectivity index (χ1) is 15.9. The van der Waals surface area contributed by atoms with Crippen molar-refractivity contribution in [2.45, 2.75) is 20.4 Å². The fraction of sp³-hybridized carbons (Fsp3) is 0.192. The molecule has 2 amide bonds. The predicted octanol–water partition coefficient (Wildman–Crippen LogP) is 4.11. The van der Waals surface area contributed by atoms with Crippen LogP contribution in [0.1, 0.15) is 22.3 Å². The minimum absolute atomic E-state index is 0.130. The third-order valence-electron chi connectivity index (χ3n) is 5.70. The Labute approximate surface area is 192 Å². The second-order valence-corrected chi connectivity index (χ2v) is 7.80. The molecule has 1 aliphatic heterocycles.